The van der Waals surface area contributed by atoms with Crippen LogP contribution in [-0.2, 0) is 6.54 Å². The minimum absolute atomic E-state index is 0.109. The summed E-state index contributed by atoms with van der Waals surface area (Å²) >= 11 is 1.59. The first-order valence-electron chi connectivity index (χ1n) is 5.68. The predicted molar refractivity (Wildman–Crippen MR) is 69.4 cm³/mol. The van der Waals surface area contributed by atoms with Crippen LogP contribution in [0.25, 0.3) is 0 Å². The van der Waals surface area contributed by atoms with Gasteiger partial charge in [0.05, 0.1) is 0 Å². The highest BCUT2D eigenvalue weighted by Gasteiger charge is 2.10. The monoisotopic (exact) mass is 241 g/mol. The van der Waals surface area contributed by atoms with Gasteiger partial charge in [-0.2, -0.15) is 0 Å². The Bertz CT molecular complexity index is 337. The van der Waals surface area contributed by atoms with E-state index < -0.39 is 0 Å². The fraction of sp³-hybridized carbons (Fsp3) is 0.538. The molecule has 1 nitrogen and oxygen atoms in total. The average Bonchev–Trinajstić information content (AvgIpc) is 2.18. The first-order chi connectivity index (χ1) is 7.50. The van der Waals surface area contributed by atoms with E-state index in [9.17, 15) is 4.39 Å². The van der Waals surface area contributed by atoms with Crippen molar-refractivity contribution in [2.75, 3.05) is 0 Å². The molecule has 0 aliphatic carbocycles. The lowest BCUT2D eigenvalue weighted by atomic mass is 10.2. The van der Waals surface area contributed by atoms with Gasteiger partial charge in [-0.05, 0) is 11.6 Å². The van der Waals surface area contributed by atoms with Crippen molar-refractivity contribution in [3.8, 4) is 0 Å². The molecule has 0 amide bonds. The van der Waals surface area contributed by atoms with Crippen molar-refractivity contribution >= 4 is 11.8 Å². The van der Waals surface area contributed by atoms with Gasteiger partial charge in [-0.3, -0.25) is 0 Å². The number of thioether (sulfide) groups is 1. The molecule has 90 valence electrons. The SMILES string of the molecule is CC(C)NCc1cccc(F)c1SC(C)C. The normalized spacial score (nSPS) is 11.4. The number of nitrogens with one attached hydrogen (secondary N) is 1. The Hall–Kier alpha value is -0.540. The Kier molecular flexibility index (Phi) is 5.29. The molecule has 0 aliphatic heterocycles. The molecule has 3 heteroatoms. The number of hydrogen-bond acceptors (Lipinski definition) is 2. The summed E-state index contributed by atoms with van der Waals surface area (Å²) in [6, 6.07) is 5.71. The second-order valence-corrected chi connectivity index (χ2v) is 6.02. The fourth-order valence-corrected chi connectivity index (χ4v) is 2.32. The van der Waals surface area contributed by atoms with Crippen LogP contribution >= 0.6 is 11.8 Å². The lowest BCUT2D eigenvalue weighted by Gasteiger charge is -2.14. The van der Waals surface area contributed by atoms with Crippen LogP contribution in [0, 0.1) is 5.82 Å². The number of halogens is 1. The quantitative estimate of drug-likeness (QED) is 0.786. The Balaban J connectivity index is 2.85. The molecule has 0 bridgehead atoms. The summed E-state index contributed by atoms with van der Waals surface area (Å²) in [4.78, 5) is 0.783. The van der Waals surface area contributed by atoms with Crippen molar-refractivity contribution in [3.63, 3.8) is 0 Å². The van der Waals surface area contributed by atoms with Crippen LogP contribution in [0.2, 0.25) is 0 Å². The van der Waals surface area contributed by atoms with Crippen molar-refractivity contribution in [1.82, 2.24) is 5.32 Å². The molecule has 1 rings (SSSR count). The van der Waals surface area contributed by atoms with Gasteiger partial charge in [-0.15, -0.1) is 11.8 Å². The number of hydrogen-bond donors (Lipinski definition) is 1. The molecule has 0 aromatic heterocycles. The van der Waals surface area contributed by atoms with E-state index >= 15 is 0 Å². The third kappa shape index (κ3) is 4.14. The topological polar surface area (TPSA) is 12.0 Å². The maximum atomic E-state index is 13.7. The third-order valence-corrected chi connectivity index (χ3v) is 3.27. The first kappa shape index (κ1) is 13.5. The van der Waals surface area contributed by atoms with Gasteiger partial charge in [0.1, 0.15) is 5.82 Å². The third-order valence-electron chi connectivity index (χ3n) is 2.10. The molecule has 1 aromatic rings. The Morgan fingerprint density at radius 1 is 1.25 bits per heavy atom. The average molecular weight is 241 g/mol. The zero-order valence-electron chi connectivity index (χ0n) is 10.4. The van der Waals surface area contributed by atoms with Crippen LogP contribution in [0.3, 0.4) is 0 Å². The number of benzene rings is 1. The molecule has 0 aliphatic rings. The van der Waals surface area contributed by atoms with E-state index in [4.69, 9.17) is 0 Å². The van der Waals surface area contributed by atoms with E-state index in [0.717, 1.165) is 17.0 Å². The second kappa shape index (κ2) is 6.26. The predicted octanol–water partition coefficient (Wildman–Crippen LogP) is 3.82. The van der Waals surface area contributed by atoms with Crippen molar-refractivity contribution < 1.29 is 4.39 Å². The van der Waals surface area contributed by atoms with Crippen molar-refractivity contribution in [2.45, 2.75) is 50.4 Å². The Morgan fingerprint density at radius 2 is 1.94 bits per heavy atom. The van der Waals surface area contributed by atoms with E-state index in [0.29, 0.717) is 11.3 Å². The van der Waals surface area contributed by atoms with Crippen LogP contribution < -0.4 is 5.32 Å². The molecule has 0 saturated heterocycles. The summed E-state index contributed by atoms with van der Waals surface area (Å²) < 4.78 is 13.7. The Morgan fingerprint density at radius 3 is 2.50 bits per heavy atom. The van der Waals surface area contributed by atoms with Crippen LogP contribution in [0.15, 0.2) is 23.1 Å². The van der Waals surface area contributed by atoms with Crippen molar-refractivity contribution in [3.05, 3.63) is 29.6 Å². The molecule has 1 N–H and O–H groups in total. The summed E-state index contributed by atoms with van der Waals surface area (Å²) in [5, 5.41) is 3.72. The molecular formula is C13H20FNS. The highest BCUT2D eigenvalue weighted by molar-refractivity contribution is 8.00. The van der Waals surface area contributed by atoms with Gasteiger partial charge < -0.3 is 5.32 Å². The van der Waals surface area contributed by atoms with E-state index in [1.807, 2.05) is 6.07 Å². The Labute approximate surface area is 102 Å². The standard InChI is InChI=1S/C13H20FNS/c1-9(2)15-8-11-6-5-7-12(14)13(11)16-10(3)4/h5-7,9-10,15H,8H2,1-4H3. The fourth-order valence-electron chi connectivity index (χ4n) is 1.37. The van der Waals surface area contributed by atoms with E-state index in [1.165, 1.54) is 6.07 Å². The summed E-state index contributed by atoms with van der Waals surface area (Å²) in [7, 11) is 0. The minimum Gasteiger partial charge on any atom is -0.310 e. The molecule has 0 unspecified atom stereocenters. The first-order valence-corrected chi connectivity index (χ1v) is 6.56. The van der Waals surface area contributed by atoms with Gasteiger partial charge >= 0.3 is 0 Å². The van der Waals surface area contributed by atoms with Gasteiger partial charge in [0.2, 0.25) is 0 Å². The summed E-state index contributed by atoms with van der Waals surface area (Å²) in [6.45, 7) is 9.07. The van der Waals surface area contributed by atoms with Crippen LogP contribution in [-0.4, -0.2) is 11.3 Å². The van der Waals surface area contributed by atoms with Crippen LogP contribution in [0.1, 0.15) is 33.3 Å². The zero-order valence-corrected chi connectivity index (χ0v) is 11.2. The highest BCUT2D eigenvalue weighted by Crippen LogP contribution is 2.29. The van der Waals surface area contributed by atoms with Crippen LogP contribution in [0.5, 0.6) is 0 Å². The molecular weight excluding hydrogens is 221 g/mol. The van der Waals surface area contributed by atoms with Gasteiger partial charge in [-0.25, -0.2) is 4.39 Å². The lowest BCUT2D eigenvalue weighted by molar-refractivity contribution is 0.564. The summed E-state index contributed by atoms with van der Waals surface area (Å²) in [6.07, 6.45) is 0. The minimum atomic E-state index is -0.109. The molecule has 0 atom stereocenters. The maximum absolute atomic E-state index is 13.7. The van der Waals surface area contributed by atoms with Gasteiger partial charge in [0, 0.05) is 22.7 Å². The molecule has 16 heavy (non-hydrogen) atoms. The molecule has 0 saturated carbocycles. The molecule has 0 heterocycles. The zero-order chi connectivity index (χ0) is 12.1. The van der Waals surface area contributed by atoms with Gasteiger partial charge in [0.15, 0.2) is 0 Å². The highest BCUT2D eigenvalue weighted by atomic mass is 32.2. The van der Waals surface area contributed by atoms with E-state index in [1.54, 1.807) is 17.8 Å². The largest absolute Gasteiger partial charge is 0.310 e. The smallest absolute Gasteiger partial charge is 0.137 e. The van der Waals surface area contributed by atoms with Gasteiger partial charge in [0.25, 0.3) is 0 Å². The van der Waals surface area contributed by atoms with Crippen LogP contribution in [0.4, 0.5) is 4.39 Å². The van der Waals surface area contributed by atoms with E-state index in [2.05, 4.69) is 33.0 Å². The molecule has 0 fully saturated rings. The summed E-state index contributed by atoms with van der Waals surface area (Å²) in [5.74, 6) is -0.109. The van der Waals surface area contributed by atoms with Gasteiger partial charge in [-0.1, -0.05) is 39.8 Å². The van der Waals surface area contributed by atoms with Crippen molar-refractivity contribution in [1.29, 1.82) is 0 Å². The summed E-state index contributed by atoms with van der Waals surface area (Å²) in [5.41, 5.74) is 1.05. The maximum Gasteiger partial charge on any atom is 0.137 e. The molecule has 1 aromatic carbocycles. The lowest BCUT2D eigenvalue weighted by Crippen LogP contribution is -2.22. The van der Waals surface area contributed by atoms with E-state index in [-0.39, 0.29) is 5.82 Å². The molecule has 0 spiro atoms. The number of rotatable bonds is 5. The molecule has 0 radical (unpaired) electrons. The second-order valence-electron chi connectivity index (χ2n) is 4.43. The van der Waals surface area contributed by atoms with Crippen molar-refractivity contribution in [2.24, 2.45) is 0 Å².